The Morgan fingerprint density at radius 2 is 1.00 bits per heavy atom. The maximum atomic E-state index is 13.4. The largest absolute Gasteiger partial charge is 0.454 e. The summed E-state index contributed by atoms with van der Waals surface area (Å²) in [5, 5.41) is 56.7. The number of aliphatic hydroxyl groups excluding tert-OH is 5. The van der Waals surface area contributed by atoms with Gasteiger partial charge in [0.25, 0.3) is 0 Å². The molecule has 0 aromatic rings. The zero-order valence-electron chi connectivity index (χ0n) is 45.0. The minimum atomic E-state index is -1.63. The van der Waals surface area contributed by atoms with Gasteiger partial charge in [-0.1, -0.05) is 233 Å². The molecule has 1 aliphatic heterocycles. The summed E-state index contributed by atoms with van der Waals surface area (Å²) in [4.78, 5) is 26.4. The lowest BCUT2D eigenvalue weighted by atomic mass is 9.99. The first kappa shape index (κ1) is 66.3. The van der Waals surface area contributed by atoms with Gasteiger partial charge in [-0.3, -0.25) is 9.59 Å². The summed E-state index contributed by atoms with van der Waals surface area (Å²) in [6, 6.07) is -1.06. The molecule has 0 aromatic carbocycles. The van der Waals surface area contributed by atoms with E-state index in [0.717, 1.165) is 89.9 Å². The zero-order chi connectivity index (χ0) is 52.5. The molecule has 8 atom stereocenters. The Hall–Kier alpha value is -3.68. The SMILES string of the molecule is CC\C=C/C=C/C=C/C=C\C=C\C=C\CCCCC(O)C(=O)NC(COC1OC(CO)C(O)C(O)C1OC(=O)CCCCCCCC/C=C/C=C/CCCCC)C(O)/C=C/CCCCCCCCCCCC. The first-order chi connectivity index (χ1) is 35.2. The van der Waals surface area contributed by atoms with Crippen molar-refractivity contribution in [2.24, 2.45) is 0 Å². The number of hydrogen-bond acceptors (Lipinski definition) is 10. The summed E-state index contributed by atoms with van der Waals surface area (Å²) < 4.78 is 17.5. The second-order valence-electron chi connectivity index (χ2n) is 19.1. The van der Waals surface area contributed by atoms with Crippen molar-refractivity contribution < 1.29 is 49.3 Å². The second-order valence-corrected chi connectivity index (χ2v) is 19.1. The molecule has 6 N–H and O–H groups in total. The third-order valence-corrected chi connectivity index (χ3v) is 12.6. The summed E-state index contributed by atoms with van der Waals surface area (Å²) in [5.74, 6) is -1.26. The number of rotatable bonds is 45. The predicted octanol–water partition coefficient (Wildman–Crippen LogP) is 12.5. The summed E-state index contributed by atoms with van der Waals surface area (Å²) in [6.45, 7) is 5.54. The van der Waals surface area contributed by atoms with Crippen LogP contribution in [0.3, 0.4) is 0 Å². The fourth-order valence-electron chi connectivity index (χ4n) is 8.08. The summed E-state index contributed by atoms with van der Waals surface area (Å²) in [6.07, 6.45) is 54.1. The molecule has 1 saturated heterocycles. The highest BCUT2D eigenvalue weighted by molar-refractivity contribution is 5.80. The van der Waals surface area contributed by atoms with Crippen LogP contribution in [0, 0.1) is 0 Å². The standard InChI is InChI=1S/C61H101NO10/c1-4-7-10-13-16-19-22-25-27-29-30-33-36-39-42-45-48-54(65)60(69)62-52(53(64)47-44-41-38-35-32-24-21-18-15-12-9-6-3)51-70-61-59(58(68)57(67)55(50-63)71-61)72-56(66)49-46-43-40-37-34-31-28-26-23-20-17-14-11-8-5-2/h7,10,13,16-17,19-20,22-23,25-27,29-30,33,36,44,47,52-55,57-59,61,63-65,67-68H,4-6,8-9,11-12,14-15,18,21,24,28,31-32,34-35,37-43,45-46,48-51H2,1-3H3,(H,62,69)/b10-7-,16-13+,20-17+,22-19+,26-23+,27-25-,30-29+,36-33+,47-44+. The molecular formula is C61H101NO10. The van der Waals surface area contributed by atoms with Crippen LogP contribution in [-0.4, -0.2) is 99.6 Å². The van der Waals surface area contributed by atoms with Gasteiger partial charge in [0.15, 0.2) is 12.4 Å². The van der Waals surface area contributed by atoms with Crippen LogP contribution in [0.5, 0.6) is 0 Å². The number of allylic oxidation sites excluding steroid dienone is 17. The summed E-state index contributed by atoms with van der Waals surface area (Å²) in [7, 11) is 0. The quantitative estimate of drug-likeness (QED) is 0.0149. The van der Waals surface area contributed by atoms with E-state index in [1.807, 2.05) is 72.9 Å². The average molecular weight is 1010 g/mol. The van der Waals surface area contributed by atoms with E-state index < -0.39 is 67.4 Å². The summed E-state index contributed by atoms with van der Waals surface area (Å²) >= 11 is 0. The van der Waals surface area contributed by atoms with Crippen molar-refractivity contribution in [3.63, 3.8) is 0 Å². The van der Waals surface area contributed by atoms with Crippen LogP contribution in [-0.2, 0) is 23.8 Å². The van der Waals surface area contributed by atoms with Gasteiger partial charge in [-0.05, 0) is 70.6 Å². The van der Waals surface area contributed by atoms with E-state index in [-0.39, 0.29) is 19.4 Å². The Labute approximate surface area is 437 Å². The highest BCUT2D eigenvalue weighted by Gasteiger charge is 2.47. The Morgan fingerprint density at radius 3 is 1.54 bits per heavy atom. The molecule has 410 valence electrons. The van der Waals surface area contributed by atoms with Gasteiger partial charge in [0, 0.05) is 6.42 Å². The lowest BCUT2D eigenvalue weighted by Crippen LogP contribution is -2.61. The Balaban J connectivity index is 2.80. The van der Waals surface area contributed by atoms with Crippen LogP contribution in [0.2, 0.25) is 0 Å². The normalized spacial score (nSPS) is 20.4. The van der Waals surface area contributed by atoms with Gasteiger partial charge in [-0.25, -0.2) is 0 Å². The maximum Gasteiger partial charge on any atom is 0.306 e. The maximum absolute atomic E-state index is 13.4. The molecule has 1 aliphatic rings. The summed E-state index contributed by atoms with van der Waals surface area (Å²) in [5.41, 5.74) is 0. The molecule has 72 heavy (non-hydrogen) atoms. The van der Waals surface area contributed by atoms with Crippen molar-refractivity contribution in [1.82, 2.24) is 5.32 Å². The van der Waals surface area contributed by atoms with Gasteiger partial charge in [0.1, 0.15) is 24.4 Å². The van der Waals surface area contributed by atoms with Gasteiger partial charge < -0.3 is 45.1 Å². The molecule has 0 aromatic heterocycles. The molecule has 1 heterocycles. The van der Waals surface area contributed by atoms with E-state index in [9.17, 15) is 35.1 Å². The van der Waals surface area contributed by atoms with Crippen molar-refractivity contribution >= 4 is 11.9 Å². The van der Waals surface area contributed by atoms with Crippen LogP contribution < -0.4 is 5.32 Å². The van der Waals surface area contributed by atoms with Crippen LogP contribution >= 0.6 is 0 Å². The molecule has 0 aliphatic carbocycles. The topological polar surface area (TPSA) is 175 Å². The molecule has 0 spiro atoms. The highest BCUT2D eigenvalue weighted by atomic mass is 16.7. The fourth-order valence-corrected chi connectivity index (χ4v) is 8.08. The molecule has 1 fully saturated rings. The minimum absolute atomic E-state index is 0.0984. The Kier molecular flexibility index (Phi) is 44.5. The molecule has 0 radical (unpaired) electrons. The van der Waals surface area contributed by atoms with Crippen LogP contribution in [0.15, 0.2) is 109 Å². The van der Waals surface area contributed by atoms with E-state index >= 15 is 0 Å². The predicted molar refractivity (Wildman–Crippen MR) is 296 cm³/mol. The van der Waals surface area contributed by atoms with Gasteiger partial charge in [-0.15, -0.1) is 0 Å². The fraction of sp³-hybridized carbons (Fsp3) is 0.672. The molecule has 0 bridgehead atoms. The van der Waals surface area contributed by atoms with E-state index in [1.165, 1.54) is 64.2 Å². The highest BCUT2D eigenvalue weighted by Crippen LogP contribution is 2.26. The molecule has 8 unspecified atom stereocenters. The smallest absolute Gasteiger partial charge is 0.306 e. The lowest BCUT2D eigenvalue weighted by Gasteiger charge is -2.41. The minimum Gasteiger partial charge on any atom is -0.454 e. The Morgan fingerprint density at radius 1 is 0.556 bits per heavy atom. The van der Waals surface area contributed by atoms with Crippen molar-refractivity contribution in [1.29, 1.82) is 0 Å². The zero-order valence-corrected chi connectivity index (χ0v) is 45.0. The number of aliphatic hydroxyl groups is 5. The van der Waals surface area contributed by atoms with Gasteiger partial charge in [0.05, 0.1) is 25.4 Å². The first-order valence-corrected chi connectivity index (χ1v) is 28.3. The molecule has 1 amide bonds. The van der Waals surface area contributed by atoms with E-state index in [2.05, 4.69) is 56.5 Å². The Bertz CT molecular complexity index is 1580. The van der Waals surface area contributed by atoms with Crippen molar-refractivity contribution in [3.05, 3.63) is 109 Å². The number of hydrogen-bond donors (Lipinski definition) is 6. The average Bonchev–Trinajstić information content (AvgIpc) is 3.38. The molecule has 0 saturated carbocycles. The number of unbranched alkanes of at least 4 members (excludes halogenated alkanes) is 21. The number of esters is 1. The van der Waals surface area contributed by atoms with E-state index in [1.54, 1.807) is 6.08 Å². The molecule has 11 nitrogen and oxygen atoms in total. The van der Waals surface area contributed by atoms with Crippen LogP contribution in [0.4, 0.5) is 0 Å². The third-order valence-electron chi connectivity index (χ3n) is 12.6. The number of carbonyl (C=O) groups is 2. The lowest BCUT2D eigenvalue weighted by molar-refractivity contribution is -0.305. The van der Waals surface area contributed by atoms with E-state index in [0.29, 0.717) is 12.8 Å². The number of carbonyl (C=O) groups excluding carboxylic acids is 2. The first-order valence-electron chi connectivity index (χ1n) is 28.3. The molecule has 11 heteroatoms. The van der Waals surface area contributed by atoms with Crippen molar-refractivity contribution in [2.75, 3.05) is 13.2 Å². The van der Waals surface area contributed by atoms with Gasteiger partial charge in [-0.2, -0.15) is 0 Å². The van der Waals surface area contributed by atoms with E-state index in [4.69, 9.17) is 14.2 Å². The van der Waals surface area contributed by atoms with Gasteiger partial charge in [0.2, 0.25) is 5.91 Å². The molecular weight excluding hydrogens is 907 g/mol. The number of amides is 1. The van der Waals surface area contributed by atoms with Gasteiger partial charge >= 0.3 is 5.97 Å². The monoisotopic (exact) mass is 1010 g/mol. The number of ether oxygens (including phenoxy) is 3. The van der Waals surface area contributed by atoms with Crippen molar-refractivity contribution in [3.8, 4) is 0 Å². The third kappa shape index (κ3) is 36.3. The second kappa shape index (κ2) is 48.3. The molecule has 1 rings (SSSR count). The van der Waals surface area contributed by atoms with Crippen LogP contribution in [0.25, 0.3) is 0 Å². The number of nitrogens with one attached hydrogen (secondary N) is 1. The van der Waals surface area contributed by atoms with Crippen molar-refractivity contribution in [2.45, 2.75) is 250 Å². The van der Waals surface area contributed by atoms with Crippen LogP contribution in [0.1, 0.15) is 201 Å².